The lowest BCUT2D eigenvalue weighted by Crippen LogP contribution is -2.31. The first-order chi connectivity index (χ1) is 22.3. The Hall–Kier alpha value is -3.69. The molecule has 1 unspecified atom stereocenters. The maximum absolute atomic E-state index is 13.6. The summed E-state index contributed by atoms with van der Waals surface area (Å²) in [7, 11) is 1.60. The molecule has 0 radical (unpaired) electrons. The number of benzene rings is 2. The number of pyridine rings is 1. The average molecular weight is 661 g/mol. The summed E-state index contributed by atoms with van der Waals surface area (Å²) in [6.45, 7) is 16.8. The fraction of sp³-hybridized carbons (Fsp3) is 0.474. The van der Waals surface area contributed by atoms with E-state index in [-0.39, 0.29) is 27.9 Å². The number of ketones is 1. The van der Waals surface area contributed by atoms with Crippen LogP contribution in [-0.4, -0.2) is 59.7 Å². The molecular weight excluding hydrogens is 609 g/mol. The summed E-state index contributed by atoms with van der Waals surface area (Å²) in [5.41, 5.74) is 4.81. The zero-order valence-electron chi connectivity index (χ0n) is 29.4. The summed E-state index contributed by atoms with van der Waals surface area (Å²) in [5.74, 6) is 0.531. The fourth-order valence-electron chi connectivity index (χ4n) is 5.18. The molecule has 0 aliphatic heterocycles. The fourth-order valence-corrected chi connectivity index (χ4v) is 6.15. The van der Waals surface area contributed by atoms with E-state index in [9.17, 15) is 14.4 Å². The predicted molar refractivity (Wildman–Crippen MR) is 196 cm³/mol. The molecule has 3 rings (SSSR count). The van der Waals surface area contributed by atoms with Crippen LogP contribution in [0.5, 0.6) is 0 Å². The summed E-state index contributed by atoms with van der Waals surface area (Å²) >= 11 is 1.83. The van der Waals surface area contributed by atoms with E-state index in [1.807, 2.05) is 54.2 Å². The number of aromatic nitrogens is 1. The Morgan fingerprint density at radius 2 is 1.64 bits per heavy atom. The summed E-state index contributed by atoms with van der Waals surface area (Å²) in [6, 6.07) is 17.1. The molecule has 254 valence electrons. The average Bonchev–Trinajstić information content (AvgIpc) is 3.07. The number of Topliss-reactive ketones (excluding diaryl/α,β-unsaturated/α-hetero) is 1. The number of ether oxygens (including phenoxy) is 1. The summed E-state index contributed by atoms with van der Waals surface area (Å²) in [4.78, 5) is 44.3. The van der Waals surface area contributed by atoms with E-state index < -0.39 is 0 Å². The lowest BCUT2D eigenvalue weighted by molar-refractivity contribution is -0.119. The SMILES string of the molecule is CCN(CC)c1ccc(NC(=O)c2cccc(CSC(C)(C)CCOC(C)(CC)CCC(C)=O)c2)c(-c2cc(C(=O)NC)ccn2)c1. The molecule has 1 atom stereocenters. The number of amides is 2. The van der Waals surface area contributed by atoms with Crippen LogP contribution in [0.15, 0.2) is 60.8 Å². The van der Waals surface area contributed by atoms with Gasteiger partial charge in [0.1, 0.15) is 5.78 Å². The van der Waals surface area contributed by atoms with Crippen molar-refractivity contribution in [3.05, 3.63) is 77.5 Å². The summed E-state index contributed by atoms with van der Waals surface area (Å²) < 4.78 is 6.24. The van der Waals surface area contributed by atoms with Gasteiger partial charge in [-0.05, 0) is 95.0 Å². The van der Waals surface area contributed by atoms with Gasteiger partial charge in [-0.3, -0.25) is 14.6 Å². The molecule has 2 aromatic carbocycles. The largest absolute Gasteiger partial charge is 0.375 e. The first-order valence-electron chi connectivity index (χ1n) is 16.6. The van der Waals surface area contributed by atoms with E-state index in [0.717, 1.165) is 54.9 Å². The molecular formula is C38H52N4O4S. The van der Waals surface area contributed by atoms with Crippen molar-refractivity contribution in [1.82, 2.24) is 10.3 Å². The van der Waals surface area contributed by atoms with Crippen molar-refractivity contribution >= 4 is 40.7 Å². The molecule has 47 heavy (non-hydrogen) atoms. The van der Waals surface area contributed by atoms with E-state index >= 15 is 0 Å². The van der Waals surface area contributed by atoms with Gasteiger partial charge in [0.15, 0.2) is 0 Å². The number of rotatable bonds is 18. The van der Waals surface area contributed by atoms with E-state index in [4.69, 9.17) is 4.74 Å². The monoisotopic (exact) mass is 660 g/mol. The topological polar surface area (TPSA) is 101 Å². The Labute approximate surface area is 285 Å². The van der Waals surface area contributed by atoms with E-state index in [1.54, 1.807) is 32.3 Å². The van der Waals surface area contributed by atoms with Gasteiger partial charge in [0.05, 0.1) is 17.0 Å². The minimum absolute atomic E-state index is 0.0365. The number of thioether (sulfide) groups is 1. The van der Waals surface area contributed by atoms with Crippen molar-refractivity contribution in [2.45, 2.75) is 90.3 Å². The maximum atomic E-state index is 13.6. The van der Waals surface area contributed by atoms with Crippen LogP contribution >= 0.6 is 11.8 Å². The molecule has 1 heterocycles. The number of hydrogen-bond donors (Lipinski definition) is 2. The van der Waals surface area contributed by atoms with Crippen LogP contribution in [-0.2, 0) is 15.3 Å². The lowest BCUT2D eigenvalue weighted by Gasteiger charge is -2.31. The second kappa shape index (κ2) is 17.5. The number of carbonyl (C=O) groups excluding carboxylic acids is 3. The third-order valence-corrected chi connectivity index (χ3v) is 10.1. The predicted octanol–water partition coefficient (Wildman–Crippen LogP) is 8.16. The van der Waals surface area contributed by atoms with Crippen LogP contribution in [0.4, 0.5) is 11.4 Å². The molecule has 9 heteroatoms. The van der Waals surface area contributed by atoms with Gasteiger partial charge in [0.25, 0.3) is 11.8 Å². The number of carbonyl (C=O) groups is 3. The summed E-state index contributed by atoms with van der Waals surface area (Å²) in [5, 5.41) is 5.78. The van der Waals surface area contributed by atoms with Crippen LogP contribution < -0.4 is 15.5 Å². The molecule has 0 spiro atoms. The first-order valence-corrected chi connectivity index (χ1v) is 17.6. The van der Waals surface area contributed by atoms with Gasteiger partial charge >= 0.3 is 0 Å². The molecule has 2 amide bonds. The third kappa shape index (κ3) is 11.2. The van der Waals surface area contributed by atoms with Crippen molar-refractivity contribution in [3.8, 4) is 11.3 Å². The van der Waals surface area contributed by atoms with Crippen LogP contribution in [0, 0.1) is 0 Å². The highest BCUT2D eigenvalue weighted by Crippen LogP contribution is 2.34. The Kier molecular flexibility index (Phi) is 14.0. The van der Waals surface area contributed by atoms with E-state index in [2.05, 4.69) is 62.1 Å². The van der Waals surface area contributed by atoms with E-state index in [1.165, 1.54) is 0 Å². The minimum Gasteiger partial charge on any atom is -0.375 e. The molecule has 0 saturated carbocycles. The van der Waals surface area contributed by atoms with Crippen LogP contribution in [0.3, 0.4) is 0 Å². The highest BCUT2D eigenvalue weighted by atomic mass is 32.2. The quantitative estimate of drug-likeness (QED) is 0.142. The minimum atomic E-state index is -0.289. The number of nitrogens with zero attached hydrogens (tertiary/aromatic N) is 2. The zero-order valence-corrected chi connectivity index (χ0v) is 30.2. The first kappa shape index (κ1) is 37.8. The molecule has 0 saturated heterocycles. The van der Waals surface area contributed by atoms with Gasteiger partial charge in [-0.25, -0.2) is 0 Å². The van der Waals surface area contributed by atoms with Gasteiger partial charge in [-0.15, -0.1) is 0 Å². The highest BCUT2D eigenvalue weighted by Gasteiger charge is 2.26. The van der Waals surface area contributed by atoms with Gasteiger partial charge in [0, 0.05) is 72.2 Å². The Balaban J connectivity index is 1.74. The molecule has 0 aliphatic rings. The van der Waals surface area contributed by atoms with E-state index in [0.29, 0.717) is 35.5 Å². The maximum Gasteiger partial charge on any atom is 0.255 e. The molecule has 0 fully saturated rings. The molecule has 0 bridgehead atoms. The number of hydrogen-bond acceptors (Lipinski definition) is 7. The Morgan fingerprint density at radius 1 is 0.915 bits per heavy atom. The Morgan fingerprint density at radius 3 is 2.30 bits per heavy atom. The third-order valence-electron chi connectivity index (χ3n) is 8.63. The van der Waals surface area contributed by atoms with Crippen molar-refractivity contribution < 1.29 is 19.1 Å². The van der Waals surface area contributed by atoms with Gasteiger partial charge < -0.3 is 25.1 Å². The van der Waals surface area contributed by atoms with Gasteiger partial charge in [-0.1, -0.05) is 32.9 Å². The van der Waals surface area contributed by atoms with Crippen molar-refractivity contribution in [3.63, 3.8) is 0 Å². The normalized spacial score (nSPS) is 12.7. The number of anilines is 2. The second-order valence-corrected chi connectivity index (χ2v) is 14.4. The highest BCUT2D eigenvalue weighted by molar-refractivity contribution is 7.99. The second-order valence-electron chi connectivity index (χ2n) is 12.7. The molecule has 1 aromatic heterocycles. The van der Waals surface area contributed by atoms with Crippen molar-refractivity contribution in [1.29, 1.82) is 0 Å². The van der Waals surface area contributed by atoms with Gasteiger partial charge in [-0.2, -0.15) is 11.8 Å². The standard InChI is InChI=1S/C38H52N4O4S/c1-9-38(7,19-17-27(4)43)46-22-20-37(5,6)47-26-28-13-12-14-29(23-28)36(45)41-33-16-15-31(42(10-2)11-3)25-32(33)34-24-30(18-21-40-34)35(44)39-8/h12-16,18,21,23-25H,9-11,17,19-20,22,26H2,1-8H3,(H,39,44)(H,41,45). The van der Waals surface area contributed by atoms with Gasteiger partial charge in [0.2, 0.25) is 0 Å². The lowest BCUT2D eigenvalue weighted by atomic mass is 9.95. The smallest absolute Gasteiger partial charge is 0.255 e. The molecule has 2 N–H and O–H groups in total. The van der Waals surface area contributed by atoms with Crippen molar-refractivity contribution in [2.24, 2.45) is 0 Å². The Bertz CT molecular complexity index is 1520. The van der Waals surface area contributed by atoms with Crippen LogP contribution in [0.1, 0.15) is 100 Å². The molecule has 0 aliphatic carbocycles. The van der Waals surface area contributed by atoms with Crippen molar-refractivity contribution in [2.75, 3.05) is 37.0 Å². The number of nitrogens with one attached hydrogen (secondary N) is 2. The summed E-state index contributed by atoms with van der Waals surface area (Å²) in [6.07, 6.45) is 4.62. The van der Waals surface area contributed by atoms with Crippen LogP contribution in [0.25, 0.3) is 11.3 Å². The molecule has 8 nitrogen and oxygen atoms in total. The zero-order chi connectivity index (χ0) is 34.6. The van der Waals surface area contributed by atoms with Crippen LogP contribution in [0.2, 0.25) is 0 Å². The molecule has 3 aromatic rings.